The summed E-state index contributed by atoms with van der Waals surface area (Å²) in [5.41, 5.74) is 11.6. The SMILES string of the molecule is Nc1cc2ccccc2c([O])c1N. The van der Waals surface area contributed by atoms with Gasteiger partial charge in [-0.1, -0.05) is 24.3 Å². The summed E-state index contributed by atoms with van der Waals surface area (Å²) in [7, 11) is 0. The van der Waals surface area contributed by atoms with E-state index in [-0.39, 0.29) is 11.4 Å². The van der Waals surface area contributed by atoms with Gasteiger partial charge < -0.3 is 11.5 Å². The van der Waals surface area contributed by atoms with Crippen LogP contribution in [0.4, 0.5) is 11.4 Å². The molecule has 0 saturated carbocycles. The molecule has 0 fully saturated rings. The van der Waals surface area contributed by atoms with Gasteiger partial charge in [-0.3, -0.25) is 5.11 Å². The van der Waals surface area contributed by atoms with E-state index in [1.165, 1.54) is 0 Å². The standard InChI is InChI=1S/C10H9N2O/c11-8-5-6-3-1-2-4-7(6)10(13)9(8)12/h1-5H,11-12H2. The Kier molecular flexibility index (Phi) is 1.52. The Hall–Kier alpha value is -1.90. The molecule has 0 bridgehead atoms. The van der Waals surface area contributed by atoms with E-state index in [4.69, 9.17) is 11.5 Å². The minimum atomic E-state index is -0.185. The molecule has 2 aromatic rings. The summed E-state index contributed by atoms with van der Waals surface area (Å²) in [5.74, 6) is -0.185. The van der Waals surface area contributed by atoms with Crippen molar-refractivity contribution >= 4 is 22.1 Å². The van der Waals surface area contributed by atoms with Crippen LogP contribution in [0.1, 0.15) is 0 Å². The molecule has 0 saturated heterocycles. The number of hydrogen-bond acceptors (Lipinski definition) is 2. The lowest BCUT2D eigenvalue weighted by atomic mass is 10.1. The predicted octanol–water partition coefficient (Wildman–Crippen LogP) is 2.15. The number of fused-ring (bicyclic) bond motifs is 1. The minimum absolute atomic E-state index is 0.138. The molecule has 65 valence electrons. The van der Waals surface area contributed by atoms with E-state index < -0.39 is 0 Å². The zero-order valence-corrected chi connectivity index (χ0v) is 6.95. The van der Waals surface area contributed by atoms with E-state index in [0.29, 0.717) is 11.1 Å². The van der Waals surface area contributed by atoms with Crippen molar-refractivity contribution < 1.29 is 5.11 Å². The van der Waals surface area contributed by atoms with E-state index in [1.54, 1.807) is 18.2 Å². The second-order valence-corrected chi connectivity index (χ2v) is 2.93. The monoisotopic (exact) mass is 173 g/mol. The van der Waals surface area contributed by atoms with Crippen LogP contribution in [0.2, 0.25) is 0 Å². The lowest BCUT2D eigenvalue weighted by Crippen LogP contribution is -1.94. The highest BCUT2D eigenvalue weighted by Gasteiger charge is 2.08. The fraction of sp³-hybridized carbons (Fsp3) is 0. The van der Waals surface area contributed by atoms with Gasteiger partial charge in [0.05, 0.1) is 5.69 Å². The largest absolute Gasteiger partial charge is 0.397 e. The number of benzene rings is 2. The fourth-order valence-electron chi connectivity index (χ4n) is 1.35. The first-order chi connectivity index (χ1) is 6.20. The van der Waals surface area contributed by atoms with Gasteiger partial charge in [-0.25, -0.2) is 0 Å². The summed E-state index contributed by atoms with van der Waals surface area (Å²) in [4.78, 5) is 0. The van der Waals surface area contributed by atoms with Crippen molar-refractivity contribution in [2.75, 3.05) is 11.5 Å². The van der Waals surface area contributed by atoms with Crippen LogP contribution < -0.4 is 11.5 Å². The highest BCUT2D eigenvalue weighted by Crippen LogP contribution is 2.35. The van der Waals surface area contributed by atoms with Crippen molar-refractivity contribution in [3.63, 3.8) is 0 Å². The topological polar surface area (TPSA) is 71.9 Å². The molecule has 2 aromatic carbocycles. The van der Waals surface area contributed by atoms with Crippen molar-refractivity contribution in [3.05, 3.63) is 30.3 Å². The minimum Gasteiger partial charge on any atom is -0.397 e. The molecule has 0 spiro atoms. The molecule has 0 aliphatic carbocycles. The third-order valence-corrected chi connectivity index (χ3v) is 2.07. The Bertz CT molecular complexity index is 466. The van der Waals surface area contributed by atoms with Crippen LogP contribution in [0.15, 0.2) is 30.3 Å². The fourth-order valence-corrected chi connectivity index (χ4v) is 1.35. The third-order valence-electron chi connectivity index (χ3n) is 2.07. The molecule has 2 rings (SSSR count). The van der Waals surface area contributed by atoms with Gasteiger partial charge in [-0.05, 0) is 11.5 Å². The van der Waals surface area contributed by atoms with Crippen LogP contribution >= 0.6 is 0 Å². The van der Waals surface area contributed by atoms with Crippen LogP contribution in [0.3, 0.4) is 0 Å². The highest BCUT2D eigenvalue weighted by molar-refractivity contribution is 5.97. The zero-order chi connectivity index (χ0) is 9.42. The van der Waals surface area contributed by atoms with Crippen LogP contribution in [0.25, 0.3) is 10.8 Å². The van der Waals surface area contributed by atoms with Crippen LogP contribution in [0, 0.1) is 0 Å². The third kappa shape index (κ3) is 1.05. The molecule has 0 aliphatic rings. The van der Waals surface area contributed by atoms with E-state index in [2.05, 4.69) is 0 Å². The second kappa shape index (κ2) is 2.55. The molecule has 4 N–H and O–H groups in total. The number of hydrogen-bond donors (Lipinski definition) is 2. The Balaban J connectivity index is 2.94. The van der Waals surface area contributed by atoms with Gasteiger partial charge in [0.25, 0.3) is 0 Å². The molecule has 0 unspecified atom stereocenters. The van der Waals surface area contributed by atoms with Gasteiger partial charge in [-0.15, -0.1) is 0 Å². The molecule has 1 radical (unpaired) electrons. The molecule has 3 heteroatoms. The van der Waals surface area contributed by atoms with Gasteiger partial charge >= 0.3 is 0 Å². The Morgan fingerprint density at radius 3 is 2.54 bits per heavy atom. The molecule has 0 heterocycles. The average molecular weight is 173 g/mol. The summed E-state index contributed by atoms with van der Waals surface area (Å²) in [6.45, 7) is 0. The first kappa shape index (κ1) is 7.73. The van der Waals surface area contributed by atoms with Crippen LogP contribution in [-0.4, -0.2) is 0 Å². The molecular weight excluding hydrogens is 164 g/mol. The number of rotatable bonds is 0. The number of nitrogens with two attached hydrogens (primary N) is 2. The summed E-state index contributed by atoms with van der Waals surface area (Å²) in [6, 6.07) is 8.96. The van der Waals surface area contributed by atoms with E-state index in [9.17, 15) is 5.11 Å². The lowest BCUT2D eigenvalue weighted by Gasteiger charge is -2.04. The van der Waals surface area contributed by atoms with Crippen molar-refractivity contribution in [3.8, 4) is 5.75 Å². The van der Waals surface area contributed by atoms with E-state index >= 15 is 0 Å². The molecule has 0 aromatic heterocycles. The lowest BCUT2D eigenvalue weighted by molar-refractivity contribution is 0.363. The van der Waals surface area contributed by atoms with E-state index in [0.717, 1.165) is 5.39 Å². The van der Waals surface area contributed by atoms with Gasteiger partial charge in [0, 0.05) is 5.39 Å². The number of nitrogen functional groups attached to an aromatic ring is 2. The Morgan fingerprint density at radius 2 is 1.77 bits per heavy atom. The highest BCUT2D eigenvalue weighted by atomic mass is 16.3. The van der Waals surface area contributed by atoms with Gasteiger partial charge in [0.2, 0.25) is 5.75 Å². The Labute approximate surface area is 75.6 Å². The van der Waals surface area contributed by atoms with Gasteiger partial charge in [0.1, 0.15) is 5.69 Å². The second-order valence-electron chi connectivity index (χ2n) is 2.93. The maximum Gasteiger partial charge on any atom is 0.211 e. The maximum absolute atomic E-state index is 11.5. The van der Waals surface area contributed by atoms with Gasteiger partial charge in [-0.2, -0.15) is 0 Å². The normalized spacial score (nSPS) is 10.5. The average Bonchev–Trinajstić information content (AvgIpc) is 2.15. The predicted molar refractivity (Wildman–Crippen MR) is 52.9 cm³/mol. The maximum atomic E-state index is 11.5. The molecule has 0 amide bonds. The smallest absolute Gasteiger partial charge is 0.211 e. The van der Waals surface area contributed by atoms with Crippen molar-refractivity contribution in [1.29, 1.82) is 0 Å². The molecule has 13 heavy (non-hydrogen) atoms. The first-order valence-electron chi connectivity index (χ1n) is 3.94. The summed E-state index contributed by atoms with van der Waals surface area (Å²) in [5, 5.41) is 13.0. The summed E-state index contributed by atoms with van der Waals surface area (Å²) >= 11 is 0. The van der Waals surface area contributed by atoms with Crippen LogP contribution in [-0.2, 0) is 5.11 Å². The zero-order valence-electron chi connectivity index (χ0n) is 6.95. The first-order valence-corrected chi connectivity index (χ1v) is 3.94. The number of anilines is 2. The summed E-state index contributed by atoms with van der Waals surface area (Å²) < 4.78 is 0. The van der Waals surface area contributed by atoms with Gasteiger partial charge in [0.15, 0.2) is 0 Å². The van der Waals surface area contributed by atoms with Crippen molar-refractivity contribution in [2.24, 2.45) is 0 Å². The van der Waals surface area contributed by atoms with Crippen molar-refractivity contribution in [1.82, 2.24) is 0 Å². The van der Waals surface area contributed by atoms with Crippen molar-refractivity contribution in [2.45, 2.75) is 0 Å². The molecule has 3 nitrogen and oxygen atoms in total. The molecule has 0 atom stereocenters. The molecule has 0 aliphatic heterocycles. The Morgan fingerprint density at radius 1 is 1.08 bits per heavy atom. The van der Waals surface area contributed by atoms with Crippen LogP contribution in [0.5, 0.6) is 5.75 Å². The summed E-state index contributed by atoms with van der Waals surface area (Å²) in [6.07, 6.45) is 0. The van der Waals surface area contributed by atoms with E-state index in [1.807, 2.05) is 12.1 Å². The molecular formula is C10H9N2O. The quantitative estimate of drug-likeness (QED) is 0.599.